The summed E-state index contributed by atoms with van der Waals surface area (Å²) in [6.07, 6.45) is 0. The predicted molar refractivity (Wildman–Crippen MR) is 81.4 cm³/mol. The summed E-state index contributed by atoms with van der Waals surface area (Å²) in [7, 11) is -0.826. The van der Waals surface area contributed by atoms with E-state index in [4.69, 9.17) is 0 Å². The molecule has 0 bridgehead atoms. The normalized spacial score (nSPS) is 10.9. The highest BCUT2D eigenvalue weighted by Crippen LogP contribution is 2.33. The van der Waals surface area contributed by atoms with Crippen LogP contribution in [-0.4, -0.2) is 0 Å². The van der Waals surface area contributed by atoms with E-state index < -0.39 is 28.3 Å². The van der Waals surface area contributed by atoms with Gasteiger partial charge < -0.3 is 0 Å². The fourth-order valence-corrected chi connectivity index (χ4v) is 4.28. The lowest BCUT2D eigenvalue weighted by molar-refractivity contribution is 0.435. The highest BCUT2D eigenvalue weighted by atomic mass is 32.2. The van der Waals surface area contributed by atoms with E-state index >= 15 is 0 Å². The molecule has 0 nitrogen and oxygen atoms in total. The van der Waals surface area contributed by atoms with E-state index in [2.05, 4.69) is 0 Å². The molecule has 4 heteroatoms. The summed E-state index contributed by atoms with van der Waals surface area (Å²) in [6, 6.07) is 20.8. The van der Waals surface area contributed by atoms with Gasteiger partial charge in [0.05, 0.1) is 0 Å². The second kappa shape index (κ2) is 6.28. The molecule has 0 N–H and O–H groups in total. The third kappa shape index (κ3) is 2.74. The van der Waals surface area contributed by atoms with Crippen molar-refractivity contribution < 1.29 is 13.2 Å². The summed E-state index contributed by atoms with van der Waals surface area (Å²) in [5.74, 6) is -3.73. The van der Waals surface area contributed by atoms with Crippen LogP contribution >= 0.6 is 0 Å². The molecule has 3 aromatic carbocycles. The maximum absolute atomic E-state index is 14.3. The Labute approximate surface area is 129 Å². The number of halogens is 3. The molecule has 0 heterocycles. The Hall–Kier alpha value is -2.20. The molecule has 0 amide bonds. The average Bonchev–Trinajstić information content (AvgIpc) is 2.57. The second-order valence-electron chi connectivity index (χ2n) is 4.61. The molecular formula is C18H12F3S+. The smallest absolute Gasteiger partial charge is 0.204 e. The Morgan fingerprint density at radius 2 is 1.05 bits per heavy atom. The maximum atomic E-state index is 14.3. The van der Waals surface area contributed by atoms with Crippen LogP contribution in [0.4, 0.5) is 13.2 Å². The van der Waals surface area contributed by atoms with Gasteiger partial charge in [-0.15, -0.1) is 0 Å². The van der Waals surface area contributed by atoms with Crippen LogP contribution < -0.4 is 0 Å². The fourth-order valence-electron chi connectivity index (χ4n) is 2.17. The van der Waals surface area contributed by atoms with Crippen molar-refractivity contribution in [2.75, 3.05) is 0 Å². The predicted octanol–water partition coefficient (Wildman–Crippen LogP) is 5.20. The van der Waals surface area contributed by atoms with Gasteiger partial charge in [0.2, 0.25) is 10.7 Å². The first-order valence-electron chi connectivity index (χ1n) is 6.66. The highest BCUT2D eigenvalue weighted by Gasteiger charge is 2.33. The van der Waals surface area contributed by atoms with Crippen LogP contribution in [0.5, 0.6) is 0 Å². The van der Waals surface area contributed by atoms with Crippen molar-refractivity contribution in [1.29, 1.82) is 0 Å². The van der Waals surface area contributed by atoms with Crippen LogP contribution in [-0.2, 0) is 10.9 Å². The largest absolute Gasteiger partial charge is 0.217 e. The average molecular weight is 317 g/mol. The van der Waals surface area contributed by atoms with E-state index in [0.717, 1.165) is 15.9 Å². The molecule has 0 aliphatic rings. The molecule has 0 saturated heterocycles. The number of benzene rings is 3. The minimum atomic E-state index is -1.43. The van der Waals surface area contributed by atoms with Crippen molar-refractivity contribution in [2.45, 2.75) is 14.7 Å². The van der Waals surface area contributed by atoms with Gasteiger partial charge in [0.1, 0.15) is 10.9 Å². The van der Waals surface area contributed by atoms with Gasteiger partial charge in [-0.3, -0.25) is 0 Å². The van der Waals surface area contributed by atoms with Gasteiger partial charge in [-0.2, -0.15) is 4.39 Å². The minimum absolute atomic E-state index is 0.149. The van der Waals surface area contributed by atoms with Gasteiger partial charge >= 0.3 is 0 Å². The van der Waals surface area contributed by atoms with Crippen molar-refractivity contribution in [3.63, 3.8) is 0 Å². The van der Waals surface area contributed by atoms with Crippen molar-refractivity contribution >= 4 is 10.9 Å². The van der Waals surface area contributed by atoms with E-state index in [1.807, 2.05) is 60.7 Å². The molecule has 22 heavy (non-hydrogen) atoms. The Bertz CT molecular complexity index is 734. The molecular weight excluding hydrogens is 305 g/mol. The van der Waals surface area contributed by atoms with Gasteiger partial charge in [-0.05, 0) is 30.3 Å². The van der Waals surface area contributed by atoms with Crippen molar-refractivity contribution in [3.8, 4) is 0 Å². The van der Waals surface area contributed by atoms with Crippen LogP contribution in [0.1, 0.15) is 0 Å². The molecule has 0 saturated carbocycles. The van der Waals surface area contributed by atoms with Crippen LogP contribution in [0.2, 0.25) is 0 Å². The first-order chi connectivity index (χ1) is 10.7. The van der Waals surface area contributed by atoms with E-state index in [1.54, 1.807) is 0 Å². The molecule has 0 aliphatic heterocycles. The van der Waals surface area contributed by atoms with E-state index in [1.165, 1.54) is 6.07 Å². The molecule has 3 aromatic rings. The van der Waals surface area contributed by atoms with E-state index in [0.29, 0.717) is 0 Å². The van der Waals surface area contributed by atoms with Gasteiger partial charge in [-0.25, -0.2) is 8.78 Å². The first kappa shape index (κ1) is 14.7. The molecule has 0 radical (unpaired) electrons. The SMILES string of the molecule is Fc1ccc([S+](c2ccccc2)c2ccccc2)c(F)c1F. The van der Waals surface area contributed by atoms with Gasteiger partial charge in [0.15, 0.2) is 21.4 Å². The van der Waals surface area contributed by atoms with E-state index in [9.17, 15) is 13.2 Å². The zero-order valence-corrected chi connectivity index (χ0v) is 12.3. The molecule has 110 valence electrons. The zero-order chi connectivity index (χ0) is 15.5. The quantitative estimate of drug-likeness (QED) is 0.460. The molecule has 0 spiro atoms. The summed E-state index contributed by atoms with van der Waals surface area (Å²) >= 11 is 0. The van der Waals surface area contributed by atoms with Gasteiger partial charge in [0.25, 0.3) is 0 Å². The van der Waals surface area contributed by atoms with Gasteiger partial charge in [-0.1, -0.05) is 36.4 Å². The summed E-state index contributed by atoms with van der Waals surface area (Å²) in [5.41, 5.74) is 0. The van der Waals surface area contributed by atoms with Crippen molar-refractivity contribution in [3.05, 3.63) is 90.2 Å². The molecule has 0 fully saturated rings. The summed E-state index contributed by atoms with van der Waals surface area (Å²) in [4.78, 5) is 1.84. The lowest BCUT2D eigenvalue weighted by Crippen LogP contribution is -2.09. The Morgan fingerprint density at radius 1 is 0.545 bits per heavy atom. The minimum Gasteiger partial charge on any atom is -0.204 e. The highest BCUT2D eigenvalue weighted by molar-refractivity contribution is 7.97. The topological polar surface area (TPSA) is 0 Å². The lowest BCUT2D eigenvalue weighted by atomic mass is 10.3. The zero-order valence-electron chi connectivity index (χ0n) is 11.5. The Kier molecular flexibility index (Phi) is 4.20. The summed E-state index contributed by atoms with van der Waals surface area (Å²) in [5, 5.41) is 0. The number of rotatable bonds is 3. The fraction of sp³-hybridized carbons (Fsp3) is 0. The van der Waals surface area contributed by atoms with Crippen LogP contribution in [0, 0.1) is 17.5 Å². The Balaban J connectivity index is 2.21. The monoisotopic (exact) mass is 317 g/mol. The molecule has 3 rings (SSSR count). The van der Waals surface area contributed by atoms with Crippen LogP contribution in [0.15, 0.2) is 87.5 Å². The standard InChI is InChI=1S/C18H12F3S/c19-15-11-12-16(18(21)17(15)20)22(13-7-3-1-4-8-13)14-9-5-2-6-10-14/h1-12H/q+1. The van der Waals surface area contributed by atoms with Crippen molar-refractivity contribution in [2.24, 2.45) is 0 Å². The van der Waals surface area contributed by atoms with E-state index in [-0.39, 0.29) is 4.90 Å². The summed E-state index contributed by atoms with van der Waals surface area (Å²) < 4.78 is 41.1. The molecule has 0 aromatic heterocycles. The molecule has 0 unspecified atom stereocenters. The van der Waals surface area contributed by atoms with Gasteiger partial charge in [0, 0.05) is 6.07 Å². The second-order valence-corrected chi connectivity index (χ2v) is 6.60. The van der Waals surface area contributed by atoms with Crippen LogP contribution in [0.25, 0.3) is 0 Å². The lowest BCUT2D eigenvalue weighted by Gasteiger charge is -2.09. The summed E-state index contributed by atoms with van der Waals surface area (Å²) in [6.45, 7) is 0. The first-order valence-corrected chi connectivity index (χ1v) is 7.89. The maximum Gasteiger partial charge on any atom is 0.217 e. The number of hydrogen-bond acceptors (Lipinski definition) is 0. The van der Waals surface area contributed by atoms with Crippen molar-refractivity contribution in [1.82, 2.24) is 0 Å². The Morgan fingerprint density at radius 3 is 1.55 bits per heavy atom. The third-order valence-corrected chi connectivity index (χ3v) is 5.42. The van der Waals surface area contributed by atoms with Crippen LogP contribution in [0.3, 0.4) is 0 Å². The molecule has 0 aliphatic carbocycles. The third-order valence-electron chi connectivity index (χ3n) is 3.18. The molecule has 0 atom stereocenters. The number of hydrogen-bond donors (Lipinski definition) is 0.